The summed E-state index contributed by atoms with van der Waals surface area (Å²) in [6.45, 7) is 1.84. The summed E-state index contributed by atoms with van der Waals surface area (Å²) in [5.74, 6) is 0.0707. The summed E-state index contributed by atoms with van der Waals surface area (Å²) in [7, 11) is 1.63. The molecule has 0 aliphatic carbocycles. The second-order valence-corrected chi connectivity index (χ2v) is 4.89. The smallest absolute Gasteiger partial charge is 0.229 e. The number of anilines is 3. The molecule has 3 aromatic rings. The van der Waals surface area contributed by atoms with E-state index >= 15 is 0 Å². The van der Waals surface area contributed by atoms with Gasteiger partial charge in [-0.3, -0.25) is 0 Å². The van der Waals surface area contributed by atoms with Gasteiger partial charge in [-0.15, -0.1) is 0 Å². The predicted octanol–water partition coefficient (Wildman–Crippen LogP) is 2.85. The molecule has 0 aliphatic rings. The molecule has 0 spiro atoms. The van der Waals surface area contributed by atoms with Crippen LogP contribution < -0.4 is 10.6 Å². The molecule has 0 unspecified atom stereocenters. The predicted molar refractivity (Wildman–Crippen MR) is 86.9 cm³/mol. The minimum absolute atomic E-state index is 0. The van der Waals surface area contributed by atoms with Gasteiger partial charge in [-0.2, -0.15) is 4.98 Å². The van der Waals surface area contributed by atoms with E-state index in [1.165, 1.54) is 12.3 Å². The van der Waals surface area contributed by atoms with Gasteiger partial charge in [0.15, 0.2) is 11.6 Å². The van der Waals surface area contributed by atoms with Crippen molar-refractivity contribution in [3.05, 3.63) is 48.4 Å². The van der Waals surface area contributed by atoms with Gasteiger partial charge >= 0.3 is 0 Å². The van der Waals surface area contributed by atoms with Crippen LogP contribution >= 0.6 is 0 Å². The van der Waals surface area contributed by atoms with E-state index in [0.29, 0.717) is 11.4 Å². The molecule has 0 atom stereocenters. The molecule has 2 heterocycles. The third kappa shape index (κ3) is 3.05. The first-order chi connectivity index (χ1) is 11.1. The molecule has 0 saturated carbocycles. The fourth-order valence-corrected chi connectivity index (χ4v) is 2.10. The van der Waals surface area contributed by atoms with Crippen molar-refractivity contribution in [1.82, 2.24) is 19.5 Å². The van der Waals surface area contributed by atoms with Gasteiger partial charge in [-0.1, -0.05) is 0 Å². The lowest BCUT2D eigenvalue weighted by Gasteiger charge is -2.09. The van der Waals surface area contributed by atoms with E-state index in [1.807, 2.05) is 6.92 Å². The first kappa shape index (κ1) is 14.8. The average Bonchev–Trinajstić information content (AvgIpc) is 2.95. The molecule has 3 rings (SSSR count). The maximum atomic E-state index is 14.3. The van der Waals surface area contributed by atoms with Crippen molar-refractivity contribution in [1.29, 1.82) is 0 Å². The summed E-state index contributed by atoms with van der Waals surface area (Å²) >= 11 is 0. The SMILES string of the molecule is CNc1nc(Nc2ccc(-n3cnc(C)c3)c(F)c2)ncc1O.[HH]. The number of rotatable bonds is 4. The molecule has 2 aromatic heterocycles. The van der Waals surface area contributed by atoms with Gasteiger partial charge in [0.25, 0.3) is 0 Å². The highest BCUT2D eigenvalue weighted by molar-refractivity contribution is 5.59. The normalized spacial score (nSPS) is 10.6. The number of halogens is 1. The van der Waals surface area contributed by atoms with Crippen molar-refractivity contribution in [2.45, 2.75) is 6.92 Å². The molecule has 0 fully saturated rings. The largest absolute Gasteiger partial charge is 0.503 e. The van der Waals surface area contributed by atoms with E-state index in [0.717, 1.165) is 5.69 Å². The second kappa shape index (κ2) is 5.91. The van der Waals surface area contributed by atoms with Crippen LogP contribution in [0.25, 0.3) is 5.69 Å². The van der Waals surface area contributed by atoms with Crippen LogP contribution in [0.3, 0.4) is 0 Å². The molecule has 3 N–H and O–H groups in total. The van der Waals surface area contributed by atoms with Crippen molar-refractivity contribution in [3.63, 3.8) is 0 Å². The number of nitrogens with zero attached hydrogens (tertiary/aromatic N) is 4. The van der Waals surface area contributed by atoms with Gasteiger partial charge in [0.2, 0.25) is 5.95 Å². The van der Waals surface area contributed by atoms with Gasteiger partial charge in [0.1, 0.15) is 5.82 Å². The zero-order chi connectivity index (χ0) is 16.4. The van der Waals surface area contributed by atoms with Crippen LogP contribution in [0.5, 0.6) is 5.75 Å². The van der Waals surface area contributed by atoms with Crippen LogP contribution in [0.1, 0.15) is 7.12 Å². The number of imidazole rings is 1. The van der Waals surface area contributed by atoms with Gasteiger partial charge < -0.3 is 20.3 Å². The van der Waals surface area contributed by atoms with Crippen LogP contribution in [-0.4, -0.2) is 31.7 Å². The van der Waals surface area contributed by atoms with E-state index in [4.69, 9.17) is 0 Å². The summed E-state index contributed by atoms with van der Waals surface area (Å²) in [4.78, 5) is 12.1. The lowest BCUT2D eigenvalue weighted by molar-refractivity contribution is 0.472. The first-order valence-corrected chi connectivity index (χ1v) is 6.88. The number of aryl methyl sites for hydroxylation is 1. The number of aromatic nitrogens is 4. The molecule has 23 heavy (non-hydrogen) atoms. The molecule has 0 radical (unpaired) electrons. The number of hydrogen-bond donors (Lipinski definition) is 3. The van der Waals surface area contributed by atoms with Gasteiger partial charge in [-0.25, -0.2) is 14.4 Å². The minimum Gasteiger partial charge on any atom is -0.503 e. The van der Waals surface area contributed by atoms with Crippen molar-refractivity contribution in [2.75, 3.05) is 17.7 Å². The summed E-state index contributed by atoms with van der Waals surface area (Å²) in [6, 6.07) is 4.70. The molecular formula is C15H17FN6O. The lowest BCUT2D eigenvalue weighted by Crippen LogP contribution is -2.02. The molecule has 0 saturated heterocycles. The van der Waals surface area contributed by atoms with E-state index in [9.17, 15) is 9.50 Å². The monoisotopic (exact) mass is 316 g/mol. The molecule has 0 bridgehead atoms. The molecule has 8 heteroatoms. The Morgan fingerprint density at radius 3 is 2.78 bits per heavy atom. The Labute approximate surface area is 133 Å². The topological polar surface area (TPSA) is 87.9 Å². The maximum Gasteiger partial charge on any atom is 0.229 e. The van der Waals surface area contributed by atoms with Crippen LogP contribution in [0.4, 0.5) is 21.8 Å². The Morgan fingerprint density at radius 2 is 2.13 bits per heavy atom. The Hall–Kier alpha value is -3.16. The zero-order valence-electron chi connectivity index (χ0n) is 12.6. The van der Waals surface area contributed by atoms with Gasteiger partial charge in [0.05, 0.1) is 23.9 Å². The van der Waals surface area contributed by atoms with E-state index in [1.54, 1.807) is 36.3 Å². The molecule has 7 nitrogen and oxygen atoms in total. The van der Waals surface area contributed by atoms with Crippen molar-refractivity contribution in [2.24, 2.45) is 0 Å². The molecule has 1 aromatic carbocycles. The Bertz CT molecular complexity index is 854. The third-order valence-corrected chi connectivity index (χ3v) is 3.20. The summed E-state index contributed by atoms with van der Waals surface area (Å²) in [5, 5.41) is 15.2. The highest BCUT2D eigenvalue weighted by Gasteiger charge is 2.09. The van der Waals surface area contributed by atoms with E-state index < -0.39 is 5.82 Å². The summed E-state index contributed by atoms with van der Waals surface area (Å²) in [5.41, 5.74) is 1.71. The van der Waals surface area contributed by atoms with Crippen molar-refractivity contribution >= 4 is 17.5 Å². The van der Waals surface area contributed by atoms with Crippen LogP contribution in [0.15, 0.2) is 36.9 Å². The second-order valence-electron chi connectivity index (χ2n) is 4.89. The highest BCUT2D eigenvalue weighted by atomic mass is 19.1. The van der Waals surface area contributed by atoms with Crippen LogP contribution in [0.2, 0.25) is 0 Å². The maximum absolute atomic E-state index is 14.3. The zero-order valence-corrected chi connectivity index (χ0v) is 12.6. The fraction of sp³-hybridized carbons (Fsp3) is 0.133. The third-order valence-electron chi connectivity index (χ3n) is 3.20. The Kier molecular flexibility index (Phi) is 3.80. The lowest BCUT2D eigenvalue weighted by atomic mass is 10.2. The number of hydrogen-bond acceptors (Lipinski definition) is 6. The van der Waals surface area contributed by atoms with Crippen molar-refractivity contribution < 1.29 is 10.9 Å². The molecule has 0 amide bonds. The Balaban J connectivity index is 0.00000208. The van der Waals surface area contributed by atoms with E-state index in [-0.39, 0.29) is 18.9 Å². The minimum atomic E-state index is -0.403. The number of aromatic hydroxyl groups is 1. The quantitative estimate of drug-likeness (QED) is 0.686. The molecule has 120 valence electrons. The first-order valence-electron chi connectivity index (χ1n) is 6.88. The Morgan fingerprint density at radius 1 is 1.30 bits per heavy atom. The van der Waals surface area contributed by atoms with Crippen LogP contribution in [0, 0.1) is 12.7 Å². The standard InChI is InChI=1S/C15H15FN6O.H2/c1-9-7-22(8-19-9)12-4-3-10(5-11(12)16)20-15-18-6-13(23)14(17-2)21-15;/h3-8,23H,1-2H3,(H2,17,18,20,21);1H. The number of nitrogens with one attached hydrogen (secondary N) is 2. The fourth-order valence-electron chi connectivity index (χ4n) is 2.10. The van der Waals surface area contributed by atoms with Crippen LogP contribution in [-0.2, 0) is 0 Å². The van der Waals surface area contributed by atoms with Gasteiger partial charge in [-0.05, 0) is 25.1 Å². The average molecular weight is 316 g/mol. The number of benzene rings is 1. The van der Waals surface area contributed by atoms with E-state index in [2.05, 4.69) is 25.6 Å². The van der Waals surface area contributed by atoms with Gasteiger partial charge in [0, 0.05) is 20.4 Å². The summed E-state index contributed by atoms with van der Waals surface area (Å²) in [6.07, 6.45) is 4.57. The summed E-state index contributed by atoms with van der Waals surface area (Å²) < 4.78 is 15.9. The molecule has 0 aliphatic heterocycles. The van der Waals surface area contributed by atoms with Crippen molar-refractivity contribution in [3.8, 4) is 11.4 Å². The molecular weight excluding hydrogens is 299 g/mol. The highest BCUT2D eigenvalue weighted by Crippen LogP contribution is 2.23.